The number of fused-ring (bicyclic) bond motifs is 2. The summed E-state index contributed by atoms with van der Waals surface area (Å²) in [5.41, 5.74) is 5.42. The van der Waals surface area contributed by atoms with Crippen LogP contribution < -0.4 is 0 Å². The van der Waals surface area contributed by atoms with Gasteiger partial charge in [0.15, 0.2) is 11.6 Å². The number of rotatable bonds is 6. The van der Waals surface area contributed by atoms with Crippen LogP contribution in [0.15, 0.2) is 55.0 Å². The molecule has 0 fully saturated rings. The predicted molar refractivity (Wildman–Crippen MR) is 143 cm³/mol. The summed E-state index contributed by atoms with van der Waals surface area (Å²) in [5.74, 6) is 0.192. The Labute approximate surface area is 215 Å². The highest BCUT2D eigenvalue weighted by molar-refractivity contribution is 7.17. The Morgan fingerprint density at radius 3 is 2.73 bits per heavy atom. The van der Waals surface area contributed by atoms with Gasteiger partial charge in [-0.05, 0) is 56.9 Å². The Bertz CT molecular complexity index is 1800. The zero-order chi connectivity index (χ0) is 25.7. The maximum atomic E-state index is 15.1. The van der Waals surface area contributed by atoms with E-state index < -0.39 is 0 Å². The topological polar surface area (TPSA) is 103 Å². The number of H-pyrrole nitrogens is 2. The molecule has 0 aliphatic heterocycles. The molecule has 0 radical (unpaired) electrons. The zero-order valence-corrected chi connectivity index (χ0v) is 21.2. The summed E-state index contributed by atoms with van der Waals surface area (Å²) in [7, 11) is 3.96. The number of hydrogen-bond donors (Lipinski definition) is 2. The third kappa shape index (κ3) is 4.20. The molecule has 184 valence electrons. The first kappa shape index (κ1) is 23.1. The van der Waals surface area contributed by atoms with Crippen LogP contribution in [0.5, 0.6) is 0 Å². The number of Topliss-reactive ketones (excluding diaryl/α,β-unsaturated/α-hetero) is 1. The number of nitrogens with one attached hydrogen (secondary N) is 2. The summed E-state index contributed by atoms with van der Waals surface area (Å²) in [6.45, 7) is 2.25. The second-order valence-corrected chi connectivity index (χ2v) is 10.2. The van der Waals surface area contributed by atoms with Gasteiger partial charge in [0.1, 0.15) is 22.7 Å². The smallest absolute Gasteiger partial charge is 0.169 e. The molecule has 0 spiro atoms. The fraction of sp³-hybridized carbons (Fsp3) is 0.148. The highest BCUT2D eigenvalue weighted by Crippen LogP contribution is 2.35. The Morgan fingerprint density at radius 1 is 1.08 bits per heavy atom. The fourth-order valence-corrected chi connectivity index (χ4v) is 5.31. The number of ketones is 1. The van der Waals surface area contributed by atoms with Crippen molar-refractivity contribution in [3.63, 3.8) is 0 Å². The van der Waals surface area contributed by atoms with Crippen LogP contribution in [-0.2, 0) is 6.54 Å². The molecule has 0 amide bonds. The Balaban J connectivity index is 1.46. The molecule has 0 aliphatic carbocycles. The van der Waals surface area contributed by atoms with Crippen molar-refractivity contribution in [2.45, 2.75) is 13.5 Å². The lowest BCUT2D eigenvalue weighted by Crippen LogP contribution is -2.10. The summed E-state index contributed by atoms with van der Waals surface area (Å²) in [6.07, 6.45) is 5.16. The van der Waals surface area contributed by atoms with Crippen LogP contribution in [0.4, 0.5) is 4.39 Å². The van der Waals surface area contributed by atoms with Gasteiger partial charge in [-0.1, -0.05) is 0 Å². The van der Waals surface area contributed by atoms with Gasteiger partial charge in [-0.3, -0.25) is 19.9 Å². The minimum absolute atomic E-state index is 0.0135. The lowest BCUT2D eigenvalue weighted by molar-refractivity contribution is 0.102. The summed E-state index contributed by atoms with van der Waals surface area (Å²) >= 11 is 1.39. The average Bonchev–Trinajstić information content (AvgIpc) is 3.60. The van der Waals surface area contributed by atoms with Crippen molar-refractivity contribution in [1.82, 2.24) is 35.0 Å². The number of carbonyl (C=O) groups is 1. The predicted octanol–water partition coefficient (Wildman–Crippen LogP) is 5.70. The highest BCUT2D eigenvalue weighted by Gasteiger charge is 2.19. The van der Waals surface area contributed by atoms with E-state index in [0.717, 1.165) is 21.3 Å². The molecule has 1 aromatic carbocycles. The Morgan fingerprint density at radius 2 is 1.95 bits per heavy atom. The quantitative estimate of drug-likeness (QED) is 0.278. The molecule has 0 aliphatic rings. The number of aromatic nitrogens is 6. The summed E-state index contributed by atoms with van der Waals surface area (Å²) in [5, 5.41) is 8.11. The molecule has 0 unspecified atom stereocenters. The van der Waals surface area contributed by atoms with E-state index in [2.05, 4.69) is 25.1 Å². The van der Waals surface area contributed by atoms with Crippen LogP contribution in [0.2, 0.25) is 0 Å². The van der Waals surface area contributed by atoms with Gasteiger partial charge in [0, 0.05) is 47.7 Å². The number of aromatic amines is 2. The molecule has 5 aromatic heterocycles. The third-order valence-corrected chi connectivity index (χ3v) is 7.26. The SMILES string of the molecule is CC(=O)c1ccc(-c2nccc3[nH]c(-c4n[nH]c5cc(F)c(-c6cncc(CN(C)C)c6)cc45)nc23)s1. The maximum Gasteiger partial charge on any atom is 0.169 e. The largest absolute Gasteiger partial charge is 0.336 e. The van der Waals surface area contributed by atoms with Crippen LogP contribution >= 0.6 is 11.3 Å². The van der Waals surface area contributed by atoms with E-state index in [1.54, 1.807) is 37.6 Å². The molecule has 8 nitrogen and oxygen atoms in total. The molecule has 0 atom stereocenters. The van der Waals surface area contributed by atoms with E-state index in [4.69, 9.17) is 4.98 Å². The lowest BCUT2D eigenvalue weighted by atomic mass is 10.0. The molecule has 10 heteroatoms. The molecule has 37 heavy (non-hydrogen) atoms. The molecule has 0 saturated heterocycles. The van der Waals surface area contributed by atoms with Crippen molar-refractivity contribution in [2.75, 3.05) is 14.1 Å². The number of pyridine rings is 2. The first-order chi connectivity index (χ1) is 17.9. The molecule has 2 N–H and O–H groups in total. The van der Waals surface area contributed by atoms with Crippen LogP contribution in [0.3, 0.4) is 0 Å². The number of hydrogen-bond acceptors (Lipinski definition) is 7. The zero-order valence-electron chi connectivity index (χ0n) is 20.3. The maximum absolute atomic E-state index is 15.1. The standard InChI is InChI=1S/C27H22FN7OS/c1-14(36)22-4-5-23(37-22)26-25-20(6-7-30-26)31-27(32-25)24-18-9-17(19(28)10-21(18)33-34-24)16-8-15(11-29-12-16)13-35(2)3/h4-12H,13H2,1-3H3,(H,31,32)(H,33,34). The summed E-state index contributed by atoms with van der Waals surface area (Å²) in [6, 6.07) is 10.7. The van der Waals surface area contributed by atoms with Crippen molar-refractivity contribution >= 4 is 39.1 Å². The van der Waals surface area contributed by atoms with Gasteiger partial charge < -0.3 is 9.88 Å². The van der Waals surface area contributed by atoms with E-state index >= 15 is 4.39 Å². The lowest BCUT2D eigenvalue weighted by Gasteiger charge is -2.11. The Hall–Kier alpha value is -4.28. The Kier molecular flexibility index (Phi) is 5.62. The van der Waals surface area contributed by atoms with Gasteiger partial charge in [0.2, 0.25) is 0 Å². The third-order valence-electron chi connectivity index (χ3n) is 6.07. The second kappa shape index (κ2) is 8.99. The van der Waals surface area contributed by atoms with Crippen LogP contribution in [0.25, 0.3) is 55.2 Å². The molecular formula is C27H22FN7OS. The van der Waals surface area contributed by atoms with E-state index in [-0.39, 0.29) is 11.6 Å². The van der Waals surface area contributed by atoms with E-state index in [1.807, 2.05) is 37.2 Å². The van der Waals surface area contributed by atoms with Crippen molar-refractivity contribution in [3.8, 4) is 33.2 Å². The normalized spacial score (nSPS) is 11.7. The molecule has 6 rings (SSSR count). The van der Waals surface area contributed by atoms with Crippen LogP contribution in [-0.4, -0.2) is 54.9 Å². The van der Waals surface area contributed by atoms with Crippen molar-refractivity contribution in [1.29, 1.82) is 0 Å². The molecular weight excluding hydrogens is 489 g/mol. The average molecular weight is 512 g/mol. The van der Waals surface area contributed by atoms with Gasteiger partial charge in [-0.15, -0.1) is 11.3 Å². The van der Waals surface area contributed by atoms with Crippen LogP contribution in [0.1, 0.15) is 22.2 Å². The van der Waals surface area contributed by atoms with E-state index in [9.17, 15) is 4.79 Å². The number of halogens is 1. The van der Waals surface area contributed by atoms with Crippen molar-refractivity contribution < 1.29 is 9.18 Å². The number of imidazole rings is 1. The molecule has 0 saturated carbocycles. The first-order valence-corrected chi connectivity index (χ1v) is 12.4. The fourth-order valence-electron chi connectivity index (χ4n) is 4.41. The number of benzene rings is 1. The highest BCUT2D eigenvalue weighted by atomic mass is 32.1. The summed E-state index contributed by atoms with van der Waals surface area (Å²) < 4.78 is 15.1. The number of carbonyl (C=O) groups excluding carboxylic acids is 1. The monoisotopic (exact) mass is 511 g/mol. The van der Waals surface area contributed by atoms with Crippen LogP contribution in [0, 0.1) is 5.82 Å². The number of thiophene rings is 1. The first-order valence-electron chi connectivity index (χ1n) is 11.6. The van der Waals surface area contributed by atoms with Gasteiger partial charge in [-0.25, -0.2) is 9.37 Å². The minimum atomic E-state index is -0.360. The molecule has 0 bridgehead atoms. The van der Waals surface area contributed by atoms with Gasteiger partial charge in [0.25, 0.3) is 0 Å². The van der Waals surface area contributed by atoms with Gasteiger partial charge in [0.05, 0.1) is 20.8 Å². The molecule has 6 aromatic rings. The molecule has 5 heterocycles. The van der Waals surface area contributed by atoms with E-state index in [0.29, 0.717) is 50.8 Å². The minimum Gasteiger partial charge on any atom is -0.336 e. The van der Waals surface area contributed by atoms with Crippen molar-refractivity contribution in [2.24, 2.45) is 0 Å². The second-order valence-electron chi connectivity index (χ2n) is 9.13. The van der Waals surface area contributed by atoms with Crippen molar-refractivity contribution in [3.05, 3.63) is 71.2 Å². The van der Waals surface area contributed by atoms with Gasteiger partial charge in [-0.2, -0.15) is 5.10 Å². The van der Waals surface area contributed by atoms with Gasteiger partial charge >= 0.3 is 0 Å². The number of nitrogens with zero attached hydrogens (tertiary/aromatic N) is 5. The summed E-state index contributed by atoms with van der Waals surface area (Å²) in [4.78, 5) is 32.3. The van der Waals surface area contributed by atoms with E-state index in [1.165, 1.54) is 17.4 Å².